The summed E-state index contributed by atoms with van der Waals surface area (Å²) in [6.07, 6.45) is 2.81. The molecule has 1 unspecified atom stereocenters. The summed E-state index contributed by atoms with van der Waals surface area (Å²) in [4.78, 5) is 14.5. The van der Waals surface area contributed by atoms with Crippen molar-refractivity contribution < 1.29 is 17.9 Å². The van der Waals surface area contributed by atoms with Crippen molar-refractivity contribution in [2.24, 2.45) is 0 Å². The summed E-state index contributed by atoms with van der Waals surface area (Å²) in [6, 6.07) is 7.88. The lowest BCUT2D eigenvalue weighted by Crippen LogP contribution is -2.35. The quantitative estimate of drug-likeness (QED) is 0.810. The minimum atomic E-state index is -3.13. The van der Waals surface area contributed by atoms with Gasteiger partial charge in [-0.25, -0.2) is 12.7 Å². The number of rotatable bonds is 5. The van der Waals surface area contributed by atoms with Gasteiger partial charge < -0.3 is 9.64 Å². The third kappa shape index (κ3) is 3.57. The van der Waals surface area contributed by atoms with Crippen molar-refractivity contribution in [2.45, 2.75) is 31.7 Å². The maximum atomic E-state index is 12.6. The number of hydrogen-bond donors (Lipinski definition) is 0. The highest BCUT2D eigenvalue weighted by Crippen LogP contribution is 2.34. The maximum absolute atomic E-state index is 12.6. The van der Waals surface area contributed by atoms with Gasteiger partial charge in [0, 0.05) is 26.1 Å². The number of nitrogens with zero attached hydrogens (tertiary/aromatic N) is 2. The summed E-state index contributed by atoms with van der Waals surface area (Å²) in [5.41, 5.74) is 1.08. The van der Waals surface area contributed by atoms with Crippen LogP contribution in [0, 0.1) is 0 Å². The predicted molar refractivity (Wildman–Crippen MR) is 91.3 cm³/mol. The van der Waals surface area contributed by atoms with Crippen LogP contribution in [0.25, 0.3) is 0 Å². The fourth-order valence-corrected chi connectivity index (χ4v) is 5.10. The van der Waals surface area contributed by atoms with Crippen LogP contribution < -0.4 is 4.74 Å². The Kier molecular flexibility index (Phi) is 5.10. The second-order valence-electron chi connectivity index (χ2n) is 6.34. The Morgan fingerprint density at radius 2 is 2.12 bits per heavy atom. The summed E-state index contributed by atoms with van der Waals surface area (Å²) in [5.74, 6) is 1.02. The number of methoxy groups -OCH3 is 1. The number of likely N-dealkylation sites (tertiary alicyclic amines) is 1. The molecule has 1 aromatic carbocycles. The number of sulfonamides is 1. The van der Waals surface area contributed by atoms with Gasteiger partial charge in [-0.05, 0) is 37.0 Å². The largest absolute Gasteiger partial charge is 0.497 e. The molecule has 2 heterocycles. The van der Waals surface area contributed by atoms with E-state index in [-0.39, 0.29) is 24.1 Å². The van der Waals surface area contributed by atoms with Gasteiger partial charge in [-0.3, -0.25) is 4.79 Å². The summed E-state index contributed by atoms with van der Waals surface area (Å²) >= 11 is 0. The molecule has 132 valence electrons. The fraction of sp³-hybridized carbons (Fsp3) is 0.588. The van der Waals surface area contributed by atoms with Gasteiger partial charge >= 0.3 is 0 Å². The van der Waals surface area contributed by atoms with E-state index in [1.807, 2.05) is 29.2 Å². The van der Waals surface area contributed by atoms with Crippen LogP contribution >= 0.6 is 0 Å². The molecule has 0 spiro atoms. The zero-order chi connectivity index (χ0) is 17.2. The third-order valence-corrected chi connectivity index (χ3v) is 6.79. The molecule has 0 aromatic heterocycles. The topological polar surface area (TPSA) is 66.9 Å². The molecule has 0 saturated carbocycles. The first-order chi connectivity index (χ1) is 11.5. The number of amides is 1. The Labute approximate surface area is 143 Å². The van der Waals surface area contributed by atoms with E-state index in [1.165, 1.54) is 4.31 Å². The van der Waals surface area contributed by atoms with E-state index in [0.29, 0.717) is 19.5 Å². The zero-order valence-electron chi connectivity index (χ0n) is 14.0. The Balaban J connectivity index is 1.65. The second-order valence-corrected chi connectivity index (χ2v) is 8.43. The van der Waals surface area contributed by atoms with E-state index < -0.39 is 10.0 Å². The van der Waals surface area contributed by atoms with Crippen molar-refractivity contribution in [3.63, 3.8) is 0 Å². The van der Waals surface area contributed by atoms with Crippen LogP contribution in [0.4, 0.5) is 0 Å². The molecule has 2 saturated heterocycles. The van der Waals surface area contributed by atoms with Gasteiger partial charge in [0.25, 0.3) is 0 Å². The summed E-state index contributed by atoms with van der Waals surface area (Å²) in [6.45, 7) is 1.56. The fourth-order valence-electron chi connectivity index (χ4n) is 3.57. The van der Waals surface area contributed by atoms with E-state index in [4.69, 9.17) is 4.74 Å². The SMILES string of the molecule is COc1cccc(C2CCCN2C(=O)CCN2CCCS2(=O)=O)c1. The second kappa shape index (κ2) is 7.11. The number of ether oxygens (including phenoxy) is 1. The van der Waals surface area contributed by atoms with Crippen molar-refractivity contribution in [1.82, 2.24) is 9.21 Å². The normalized spacial score (nSPS) is 23.5. The van der Waals surface area contributed by atoms with Crippen LogP contribution in [0.3, 0.4) is 0 Å². The average molecular weight is 352 g/mol. The van der Waals surface area contributed by atoms with E-state index in [0.717, 1.165) is 30.7 Å². The summed E-state index contributed by atoms with van der Waals surface area (Å²) < 4.78 is 30.4. The number of carbonyl (C=O) groups is 1. The van der Waals surface area contributed by atoms with Gasteiger partial charge in [-0.15, -0.1) is 0 Å². The summed E-state index contributed by atoms with van der Waals surface area (Å²) in [5, 5.41) is 0. The number of benzene rings is 1. The molecule has 6 nitrogen and oxygen atoms in total. The predicted octanol–water partition coefficient (Wildman–Crippen LogP) is 1.78. The molecule has 1 aromatic rings. The zero-order valence-corrected chi connectivity index (χ0v) is 14.8. The molecule has 2 aliphatic heterocycles. The summed E-state index contributed by atoms with van der Waals surface area (Å²) in [7, 11) is -1.50. The third-order valence-electron chi connectivity index (χ3n) is 4.83. The molecular formula is C17H24N2O4S. The van der Waals surface area contributed by atoms with Gasteiger partial charge in [0.15, 0.2) is 0 Å². The Hall–Kier alpha value is -1.60. The first-order valence-electron chi connectivity index (χ1n) is 8.42. The molecule has 24 heavy (non-hydrogen) atoms. The van der Waals surface area contributed by atoms with Crippen LogP contribution in [0.15, 0.2) is 24.3 Å². The van der Waals surface area contributed by atoms with Gasteiger partial charge in [0.1, 0.15) is 5.75 Å². The molecule has 0 radical (unpaired) electrons. The van der Waals surface area contributed by atoms with Gasteiger partial charge in [0.2, 0.25) is 15.9 Å². The lowest BCUT2D eigenvalue weighted by atomic mass is 10.0. The van der Waals surface area contributed by atoms with Crippen molar-refractivity contribution in [1.29, 1.82) is 0 Å². The molecule has 0 aliphatic carbocycles. The van der Waals surface area contributed by atoms with Crippen molar-refractivity contribution in [3.05, 3.63) is 29.8 Å². The van der Waals surface area contributed by atoms with Gasteiger partial charge in [-0.1, -0.05) is 12.1 Å². The molecule has 3 rings (SSSR count). The first kappa shape index (κ1) is 17.2. The molecular weight excluding hydrogens is 328 g/mol. The minimum Gasteiger partial charge on any atom is -0.497 e. The standard InChI is InChI=1S/C17H24N2O4S/c1-23-15-6-2-5-14(13-15)16-7-3-10-19(16)17(20)8-11-18-9-4-12-24(18,21)22/h2,5-6,13,16H,3-4,7-12H2,1H3. The molecule has 0 bridgehead atoms. The lowest BCUT2D eigenvalue weighted by Gasteiger charge is -2.26. The van der Waals surface area contributed by atoms with Crippen molar-refractivity contribution in [3.8, 4) is 5.75 Å². The van der Waals surface area contributed by atoms with Crippen molar-refractivity contribution >= 4 is 15.9 Å². The molecule has 2 aliphatic rings. The molecule has 1 amide bonds. The highest BCUT2D eigenvalue weighted by atomic mass is 32.2. The maximum Gasteiger partial charge on any atom is 0.224 e. The van der Waals surface area contributed by atoms with E-state index in [1.54, 1.807) is 7.11 Å². The highest BCUT2D eigenvalue weighted by molar-refractivity contribution is 7.89. The Morgan fingerprint density at radius 3 is 2.83 bits per heavy atom. The molecule has 0 N–H and O–H groups in total. The van der Waals surface area contributed by atoms with Crippen molar-refractivity contribution in [2.75, 3.05) is 32.5 Å². The van der Waals surface area contributed by atoms with Crippen LogP contribution in [0.2, 0.25) is 0 Å². The Morgan fingerprint density at radius 1 is 1.29 bits per heavy atom. The first-order valence-corrected chi connectivity index (χ1v) is 10.0. The molecule has 7 heteroatoms. The van der Waals surface area contributed by atoms with E-state index >= 15 is 0 Å². The number of carbonyl (C=O) groups excluding carboxylic acids is 1. The number of hydrogen-bond acceptors (Lipinski definition) is 4. The van der Waals surface area contributed by atoms with Crippen LogP contribution in [-0.4, -0.2) is 56.0 Å². The Bertz CT molecular complexity index is 704. The highest BCUT2D eigenvalue weighted by Gasteiger charge is 2.32. The van der Waals surface area contributed by atoms with Gasteiger partial charge in [-0.2, -0.15) is 0 Å². The monoisotopic (exact) mass is 352 g/mol. The van der Waals surface area contributed by atoms with Gasteiger partial charge in [0.05, 0.1) is 18.9 Å². The molecule has 1 atom stereocenters. The van der Waals surface area contributed by atoms with Crippen LogP contribution in [0.1, 0.15) is 37.3 Å². The van der Waals surface area contributed by atoms with Crippen LogP contribution in [0.5, 0.6) is 5.75 Å². The van der Waals surface area contributed by atoms with E-state index in [9.17, 15) is 13.2 Å². The lowest BCUT2D eigenvalue weighted by molar-refractivity contribution is -0.132. The molecule has 2 fully saturated rings. The minimum absolute atomic E-state index is 0.0300. The smallest absolute Gasteiger partial charge is 0.224 e. The van der Waals surface area contributed by atoms with E-state index in [2.05, 4.69) is 0 Å². The van der Waals surface area contributed by atoms with Crippen LogP contribution in [-0.2, 0) is 14.8 Å². The average Bonchev–Trinajstić information content (AvgIpc) is 3.19.